The molecule has 1 aliphatic carbocycles. The van der Waals surface area contributed by atoms with Crippen molar-refractivity contribution in [3.63, 3.8) is 0 Å². The lowest BCUT2D eigenvalue weighted by atomic mass is 9.87. The number of aromatic nitrogens is 3. The summed E-state index contributed by atoms with van der Waals surface area (Å²) in [7, 11) is -3.48. The van der Waals surface area contributed by atoms with Crippen LogP contribution in [0.3, 0.4) is 0 Å². The maximum atomic E-state index is 12.7. The van der Waals surface area contributed by atoms with Crippen LogP contribution in [-0.4, -0.2) is 40.6 Å². The minimum absolute atomic E-state index is 0.0297. The fourth-order valence-electron chi connectivity index (χ4n) is 3.98. The molecule has 2 aliphatic rings. The highest BCUT2D eigenvalue weighted by Crippen LogP contribution is 2.35. The third-order valence-electron chi connectivity index (χ3n) is 5.77. The van der Waals surface area contributed by atoms with Gasteiger partial charge in [-0.3, -0.25) is 9.48 Å². The second-order valence-electron chi connectivity index (χ2n) is 9.13. The zero-order valence-corrected chi connectivity index (χ0v) is 17.9. The lowest BCUT2D eigenvalue weighted by Crippen LogP contribution is -2.55. The van der Waals surface area contributed by atoms with Gasteiger partial charge >= 0.3 is 0 Å². The van der Waals surface area contributed by atoms with Gasteiger partial charge in [-0.05, 0) is 54.5 Å². The van der Waals surface area contributed by atoms with Crippen LogP contribution in [0.5, 0.6) is 0 Å². The fraction of sp³-hybridized carbons (Fsp3) is 0.429. The third kappa shape index (κ3) is 3.41. The van der Waals surface area contributed by atoms with Gasteiger partial charge in [-0.1, -0.05) is 13.8 Å². The van der Waals surface area contributed by atoms with Gasteiger partial charge in [0.1, 0.15) is 5.39 Å². The van der Waals surface area contributed by atoms with Crippen LogP contribution >= 0.6 is 0 Å². The normalized spacial score (nSPS) is 19.0. The number of H-pyrrole nitrogens is 1. The number of rotatable bonds is 6. The van der Waals surface area contributed by atoms with E-state index in [1.54, 1.807) is 30.5 Å². The van der Waals surface area contributed by atoms with Gasteiger partial charge in [-0.2, -0.15) is 9.40 Å². The molecule has 5 rings (SSSR count). The molecule has 1 aliphatic heterocycles. The van der Waals surface area contributed by atoms with E-state index in [-0.39, 0.29) is 15.9 Å². The number of aromatic amines is 1. The highest BCUT2D eigenvalue weighted by molar-refractivity contribution is 7.89. The second kappa shape index (κ2) is 6.68. The number of nitrogens with zero attached hydrogens (tertiary/aromatic N) is 3. The lowest BCUT2D eigenvalue weighted by molar-refractivity contribution is 0.111. The van der Waals surface area contributed by atoms with Crippen molar-refractivity contribution >= 4 is 32.4 Å². The van der Waals surface area contributed by atoms with Crippen molar-refractivity contribution in [2.45, 2.75) is 38.1 Å². The SMILES string of the molecule is CC1(C)CN(S(=O)(=O)c2ccc(Nc3nn(CC4CC4)c4cc[nH]c(=O)c34)cc2)C1. The third-order valence-corrected chi connectivity index (χ3v) is 7.57. The average Bonchev–Trinajstić information content (AvgIpc) is 3.42. The molecule has 1 saturated heterocycles. The van der Waals surface area contributed by atoms with Crippen molar-refractivity contribution in [3.05, 3.63) is 46.9 Å². The minimum Gasteiger partial charge on any atom is -0.338 e. The van der Waals surface area contributed by atoms with Gasteiger partial charge in [0.15, 0.2) is 5.82 Å². The largest absolute Gasteiger partial charge is 0.338 e. The summed E-state index contributed by atoms with van der Waals surface area (Å²) >= 11 is 0. The molecule has 8 nitrogen and oxygen atoms in total. The van der Waals surface area contributed by atoms with E-state index < -0.39 is 10.0 Å². The fourth-order valence-corrected chi connectivity index (χ4v) is 5.80. The highest BCUT2D eigenvalue weighted by atomic mass is 32.2. The number of pyridine rings is 1. The number of sulfonamides is 1. The first-order chi connectivity index (χ1) is 14.2. The summed E-state index contributed by atoms with van der Waals surface area (Å²) in [4.78, 5) is 15.4. The zero-order valence-electron chi connectivity index (χ0n) is 17.1. The van der Waals surface area contributed by atoms with Crippen molar-refractivity contribution in [2.75, 3.05) is 18.4 Å². The monoisotopic (exact) mass is 427 g/mol. The lowest BCUT2D eigenvalue weighted by Gasteiger charge is -2.44. The molecule has 0 bridgehead atoms. The molecule has 3 aromatic rings. The summed E-state index contributed by atoms with van der Waals surface area (Å²) in [6, 6.07) is 8.47. The van der Waals surface area contributed by atoms with Crippen LogP contribution in [0.1, 0.15) is 26.7 Å². The molecule has 0 spiro atoms. The molecular weight excluding hydrogens is 402 g/mol. The van der Waals surface area contributed by atoms with Gasteiger partial charge in [-0.15, -0.1) is 0 Å². The van der Waals surface area contributed by atoms with E-state index in [0.717, 1.165) is 12.1 Å². The minimum atomic E-state index is -3.48. The summed E-state index contributed by atoms with van der Waals surface area (Å²) in [5.74, 6) is 1.10. The molecule has 2 fully saturated rings. The Bertz CT molecular complexity index is 1260. The maximum absolute atomic E-state index is 12.7. The van der Waals surface area contributed by atoms with Crippen molar-refractivity contribution in [1.29, 1.82) is 0 Å². The molecule has 0 amide bonds. The van der Waals surface area contributed by atoms with Crippen molar-refractivity contribution < 1.29 is 8.42 Å². The quantitative estimate of drug-likeness (QED) is 0.630. The van der Waals surface area contributed by atoms with Gasteiger partial charge in [0, 0.05) is 31.5 Å². The Balaban J connectivity index is 1.41. The van der Waals surface area contributed by atoms with Crippen LogP contribution in [0.4, 0.5) is 11.5 Å². The molecule has 0 unspecified atom stereocenters. The Morgan fingerprint density at radius 2 is 1.87 bits per heavy atom. The summed E-state index contributed by atoms with van der Waals surface area (Å²) in [5.41, 5.74) is 1.31. The standard InChI is InChI=1S/C21H25N5O3S/c1-21(2)12-25(13-21)30(28,29)16-7-5-15(6-8-16)23-19-18-17(9-10-22-20(18)27)26(24-19)11-14-3-4-14/h5-10,14H,3-4,11-13H2,1-2H3,(H,22,27)(H,23,24). The molecule has 1 saturated carbocycles. The predicted octanol–water partition coefficient (Wildman–Crippen LogP) is 2.91. The van der Waals surface area contributed by atoms with Crippen LogP contribution < -0.4 is 10.9 Å². The van der Waals surface area contributed by atoms with Crippen LogP contribution in [0.2, 0.25) is 0 Å². The Kier molecular flexibility index (Phi) is 4.30. The first-order valence-corrected chi connectivity index (χ1v) is 11.6. The maximum Gasteiger partial charge on any atom is 0.261 e. The summed E-state index contributed by atoms with van der Waals surface area (Å²) in [5, 5.41) is 8.32. The van der Waals surface area contributed by atoms with Crippen LogP contribution in [0.15, 0.2) is 46.2 Å². The van der Waals surface area contributed by atoms with Gasteiger partial charge in [0.2, 0.25) is 10.0 Å². The van der Waals surface area contributed by atoms with Crippen LogP contribution in [0, 0.1) is 11.3 Å². The average molecular weight is 428 g/mol. The number of hydrogen-bond acceptors (Lipinski definition) is 5. The Hall–Kier alpha value is -2.65. The van der Waals surface area contributed by atoms with E-state index in [0.29, 0.717) is 35.9 Å². The second-order valence-corrected chi connectivity index (χ2v) is 11.1. The van der Waals surface area contributed by atoms with E-state index in [4.69, 9.17) is 0 Å². The Labute approximate surface area is 175 Å². The molecule has 1 aromatic carbocycles. The topological polar surface area (TPSA) is 100 Å². The number of anilines is 2. The highest BCUT2D eigenvalue weighted by Gasteiger charge is 2.41. The van der Waals surface area contributed by atoms with E-state index in [1.165, 1.54) is 17.1 Å². The van der Waals surface area contributed by atoms with Crippen molar-refractivity contribution in [3.8, 4) is 0 Å². The number of nitrogens with one attached hydrogen (secondary N) is 2. The Morgan fingerprint density at radius 1 is 1.17 bits per heavy atom. The van der Waals surface area contributed by atoms with Crippen molar-refractivity contribution in [1.82, 2.24) is 19.1 Å². The molecule has 158 valence electrons. The summed E-state index contributed by atoms with van der Waals surface area (Å²) < 4.78 is 28.9. The molecule has 30 heavy (non-hydrogen) atoms. The summed E-state index contributed by atoms with van der Waals surface area (Å²) in [6.45, 7) is 5.97. The predicted molar refractivity (Wildman–Crippen MR) is 115 cm³/mol. The van der Waals surface area contributed by atoms with E-state index in [9.17, 15) is 13.2 Å². The number of benzene rings is 1. The van der Waals surface area contributed by atoms with Gasteiger partial charge in [0.05, 0.1) is 10.4 Å². The first kappa shape index (κ1) is 19.3. The number of fused-ring (bicyclic) bond motifs is 1. The van der Waals surface area contributed by atoms with E-state index in [1.807, 2.05) is 10.7 Å². The zero-order chi connectivity index (χ0) is 21.1. The number of hydrogen-bond donors (Lipinski definition) is 2. The Morgan fingerprint density at radius 3 is 2.50 bits per heavy atom. The van der Waals surface area contributed by atoms with E-state index >= 15 is 0 Å². The van der Waals surface area contributed by atoms with Crippen LogP contribution in [0.25, 0.3) is 10.9 Å². The summed E-state index contributed by atoms with van der Waals surface area (Å²) in [6.07, 6.45) is 4.02. The van der Waals surface area contributed by atoms with Gasteiger partial charge in [0.25, 0.3) is 5.56 Å². The molecule has 0 radical (unpaired) electrons. The first-order valence-electron chi connectivity index (χ1n) is 10.2. The molecule has 3 heterocycles. The van der Waals surface area contributed by atoms with Gasteiger partial charge < -0.3 is 10.3 Å². The van der Waals surface area contributed by atoms with E-state index in [2.05, 4.69) is 29.2 Å². The van der Waals surface area contributed by atoms with Gasteiger partial charge in [-0.25, -0.2) is 8.42 Å². The van der Waals surface area contributed by atoms with Crippen LogP contribution in [-0.2, 0) is 16.6 Å². The molecule has 2 aromatic heterocycles. The molecule has 0 atom stereocenters. The molecule has 9 heteroatoms. The molecule has 2 N–H and O–H groups in total. The van der Waals surface area contributed by atoms with Crippen molar-refractivity contribution in [2.24, 2.45) is 11.3 Å². The smallest absolute Gasteiger partial charge is 0.261 e. The molecular formula is C21H25N5O3S.